The van der Waals surface area contributed by atoms with Crippen molar-refractivity contribution in [1.82, 2.24) is 15.6 Å². The topological polar surface area (TPSA) is 74.2 Å². The average molecular weight is 271 g/mol. The van der Waals surface area contributed by atoms with Gasteiger partial charge in [-0.3, -0.25) is 0 Å². The fraction of sp³-hybridized carbons (Fsp3) is 0.667. The molecule has 0 aliphatic heterocycles. The van der Waals surface area contributed by atoms with E-state index in [4.69, 9.17) is 5.11 Å². The lowest BCUT2D eigenvalue weighted by Crippen LogP contribution is -2.41. The summed E-state index contributed by atoms with van der Waals surface area (Å²) in [5, 5.41) is 15.6. The van der Waals surface area contributed by atoms with E-state index in [0.29, 0.717) is 13.1 Å². The third-order valence-electron chi connectivity index (χ3n) is 2.57. The van der Waals surface area contributed by atoms with E-state index in [1.165, 1.54) is 0 Å². The number of carbonyl (C=O) groups excluding carboxylic acids is 1. The second kappa shape index (κ2) is 6.15. The van der Waals surface area contributed by atoms with Crippen LogP contribution in [0, 0.1) is 19.3 Å². The molecule has 0 saturated carbocycles. The Morgan fingerprint density at radius 2 is 2.06 bits per heavy atom. The van der Waals surface area contributed by atoms with Gasteiger partial charge in [-0.15, -0.1) is 11.3 Å². The van der Waals surface area contributed by atoms with Gasteiger partial charge in [-0.25, -0.2) is 9.78 Å². The largest absolute Gasteiger partial charge is 0.396 e. The molecule has 0 aliphatic carbocycles. The predicted octanol–water partition coefficient (Wildman–Crippen LogP) is 1.58. The molecule has 0 spiro atoms. The highest BCUT2D eigenvalue weighted by molar-refractivity contribution is 7.11. The maximum atomic E-state index is 11.6. The van der Waals surface area contributed by atoms with Crippen molar-refractivity contribution in [3.05, 3.63) is 15.6 Å². The average Bonchev–Trinajstić information content (AvgIpc) is 2.63. The van der Waals surface area contributed by atoms with Crippen LogP contribution in [0.15, 0.2) is 0 Å². The van der Waals surface area contributed by atoms with Crippen molar-refractivity contribution in [3.63, 3.8) is 0 Å². The second-order valence-corrected chi connectivity index (χ2v) is 6.50. The SMILES string of the molecule is Cc1nc(CNC(=O)NCC(C)(C)CO)c(C)s1. The Balaban J connectivity index is 2.36. The number of nitrogens with zero attached hydrogens (tertiary/aromatic N) is 1. The van der Waals surface area contributed by atoms with Gasteiger partial charge in [0.05, 0.1) is 17.2 Å². The Kier molecular flexibility index (Phi) is 5.10. The zero-order valence-electron chi connectivity index (χ0n) is 11.3. The third kappa shape index (κ3) is 4.62. The van der Waals surface area contributed by atoms with Crippen LogP contribution in [0.1, 0.15) is 29.4 Å². The molecule has 0 fully saturated rings. The first-order valence-electron chi connectivity index (χ1n) is 5.89. The van der Waals surface area contributed by atoms with E-state index in [-0.39, 0.29) is 18.1 Å². The molecule has 6 heteroatoms. The number of urea groups is 1. The van der Waals surface area contributed by atoms with Gasteiger partial charge in [-0.1, -0.05) is 13.8 Å². The van der Waals surface area contributed by atoms with E-state index in [0.717, 1.165) is 15.6 Å². The highest BCUT2D eigenvalue weighted by atomic mass is 32.1. The minimum Gasteiger partial charge on any atom is -0.396 e. The van der Waals surface area contributed by atoms with Crippen LogP contribution in [-0.2, 0) is 6.54 Å². The van der Waals surface area contributed by atoms with Crippen LogP contribution in [0.4, 0.5) is 4.79 Å². The molecular weight excluding hydrogens is 250 g/mol. The lowest BCUT2D eigenvalue weighted by atomic mass is 9.95. The summed E-state index contributed by atoms with van der Waals surface area (Å²) in [7, 11) is 0. The molecule has 1 aromatic rings. The number of aliphatic hydroxyl groups excluding tert-OH is 1. The van der Waals surface area contributed by atoms with Crippen LogP contribution >= 0.6 is 11.3 Å². The van der Waals surface area contributed by atoms with Gasteiger partial charge < -0.3 is 15.7 Å². The van der Waals surface area contributed by atoms with E-state index in [1.807, 2.05) is 27.7 Å². The van der Waals surface area contributed by atoms with Crippen molar-refractivity contribution in [2.75, 3.05) is 13.2 Å². The van der Waals surface area contributed by atoms with Gasteiger partial charge in [-0.2, -0.15) is 0 Å². The number of aromatic nitrogens is 1. The number of hydrogen-bond acceptors (Lipinski definition) is 4. The van der Waals surface area contributed by atoms with Gasteiger partial charge in [0, 0.05) is 23.4 Å². The van der Waals surface area contributed by atoms with E-state index in [9.17, 15) is 4.79 Å². The fourth-order valence-corrected chi connectivity index (χ4v) is 2.17. The number of thiazole rings is 1. The van der Waals surface area contributed by atoms with Crippen LogP contribution in [-0.4, -0.2) is 29.3 Å². The first-order valence-corrected chi connectivity index (χ1v) is 6.71. The Labute approximate surface area is 112 Å². The van der Waals surface area contributed by atoms with Crippen molar-refractivity contribution in [1.29, 1.82) is 0 Å². The second-order valence-electron chi connectivity index (χ2n) is 5.09. The van der Waals surface area contributed by atoms with Crippen LogP contribution in [0.25, 0.3) is 0 Å². The number of nitrogens with one attached hydrogen (secondary N) is 2. The highest BCUT2D eigenvalue weighted by Gasteiger charge is 2.17. The molecule has 18 heavy (non-hydrogen) atoms. The minimum absolute atomic E-state index is 0.0394. The van der Waals surface area contributed by atoms with Crippen molar-refractivity contribution >= 4 is 17.4 Å². The lowest BCUT2D eigenvalue weighted by Gasteiger charge is -2.21. The predicted molar refractivity (Wildman–Crippen MR) is 72.7 cm³/mol. The maximum absolute atomic E-state index is 11.6. The van der Waals surface area contributed by atoms with Gasteiger partial charge in [0.2, 0.25) is 0 Å². The molecular formula is C12H21N3O2S. The molecule has 1 rings (SSSR count). The van der Waals surface area contributed by atoms with Gasteiger partial charge in [-0.05, 0) is 13.8 Å². The van der Waals surface area contributed by atoms with Crippen LogP contribution in [0.2, 0.25) is 0 Å². The summed E-state index contributed by atoms with van der Waals surface area (Å²) in [5.74, 6) is 0. The summed E-state index contributed by atoms with van der Waals surface area (Å²) in [5.41, 5.74) is 0.610. The number of aryl methyl sites for hydroxylation is 2. The number of amides is 2. The molecule has 102 valence electrons. The summed E-state index contributed by atoms with van der Waals surface area (Å²) in [6.07, 6.45) is 0. The fourth-order valence-electron chi connectivity index (χ4n) is 1.34. The summed E-state index contributed by atoms with van der Waals surface area (Å²) >= 11 is 1.63. The van der Waals surface area contributed by atoms with E-state index >= 15 is 0 Å². The van der Waals surface area contributed by atoms with E-state index < -0.39 is 0 Å². The zero-order chi connectivity index (χ0) is 13.8. The first kappa shape index (κ1) is 14.9. The lowest BCUT2D eigenvalue weighted by molar-refractivity contribution is 0.157. The molecule has 0 unspecified atom stereocenters. The quantitative estimate of drug-likeness (QED) is 0.761. The standard InChI is InChI=1S/C12H21N3O2S/c1-8-10(15-9(2)18-8)5-13-11(17)14-6-12(3,4)7-16/h16H,5-7H2,1-4H3,(H2,13,14,17). The monoisotopic (exact) mass is 271 g/mol. The van der Waals surface area contributed by atoms with Crippen molar-refractivity contribution < 1.29 is 9.90 Å². The summed E-state index contributed by atoms with van der Waals surface area (Å²) in [4.78, 5) is 17.0. The molecule has 2 amide bonds. The van der Waals surface area contributed by atoms with Crippen molar-refractivity contribution in [2.45, 2.75) is 34.2 Å². The van der Waals surface area contributed by atoms with E-state index in [1.54, 1.807) is 11.3 Å². The van der Waals surface area contributed by atoms with Crippen molar-refractivity contribution in [3.8, 4) is 0 Å². The summed E-state index contributed by atoms with van der Waals surface area (Å²) in [6.45, 7) is 8.63. The van der Waals surface area contributed by atoms with Gasteiger partial charge in [0.15, 0.2) is 0 Å². The highest BCUT2D eigenvalue weighted by Crippen LogP contribution is 2.16. The van der Waals surface area contributed by atoms with Crippen LogP contribution in [0.3, 0.4) is 0 Å². The molecule has 0 bridgehead atoms. The Hall–Kier alpha value is -1.14. The Bertz CT molecular complexity index is 415. The minimum atomic E-state index is -0.301. The van der Waals surface area contributed by atoms with Gasteiger partial charge >= 0.3 is 6.03 Å². The molecule has 0 aromatic carbocycles. The molecule has 0 aliphatic rings. The van der Waals surface area contributed by atoms with Crippen LogP contribution < -0.4 is 10.6 Å². The number of aliphatic hydroxyl groups is 1. The molecule has 1 heterocycles. The molecule has 0 atom stereocenters. The number of hydrogen-bond donors (Lipinski definition) is 3. The first-order chi connectivity index (χ1) is 8.34. The number of rotatable bonds is 5. The third-order valence-corrected chi connectivity index (χ3v) is 3.50. The Morgan fingerprint density at radius 3 is 2.56 bits per heavy atom. The smallest absolute Gasteiger partial charge is 0.315 e. The molecule has 1 aromatic heterocycles. The van der Waals surface area contributed by atoms with E-state index in [2.05, 4.69) is 15.6 Å². The maximum Gasteiger partial charge on any atom is 0.315 e. The summed E-state index contributed by atoms with van der Waals surface area (Å²) < 4.78 is 0. The zero-order valence-corrected chi connectivity index (χ0v) is 12.1. The molecule has 5 nitrogen and oxygen atoms in total. The summed E-state index contributed by atoms with van der Waals surface area (Å²) in [6, 6.07) is -0.235. The van der Waals surface area contributed by atoms with Gasteiger partial charge in [0.1, 0.15) is 0 Å². The molecule has 3 N–H and O–H groups in total. The normalized spacial score (nSPS) is 11.4. The molecule has 0 saturated heterocycles. The number of carbonyl (C=O) groups is 1. The molecule has 0 radical (unpaired) electrons. The van der Waals surface area contributed by atoms with Crippen LogP contribution in [0.5, 0.6) is 0 Å². The van der Waals surface area contributed by atoms with Gasteiger partial charge in [0.25, 0.3) is 0 Å². The Morgan fingerprint density at radius 1 is 1.39 bits per heavy atom. The van der Waals surface area contributed by atoms with Crippen molar-refractivity contribution in [2.24, 2.45) is 5.41 Å².